The van der Waals surface area contributed by atoms with Gasteiger partial charge >= 0.3 is 5.97 Å². The average Bonchev–Trinajstić information content (AvgIpc) is 2.70. The second-order valence-electron chi connectivity index (χ2n) is 7.05. The first-order valence-corrected chi connectivity index (χ1v) is 9.69. The van der Waals surface area contributed by atoms with Gasteiger partial charge in [-0.2, -0.15) is 0 Å². The van der Waals surface area contributed by atoms with E-state index >= 15 is 0 Å². The van der Waals surface area contributed by atoms with Crippen molar-refractivity contribution in [2.24, 2.45) is 7.05 Å². The lowest BCUT2D eigenvalue weighted by Crippen LogP contribution is -2.42. The van der Waals surface area contributed by atoms with Gasteiger partial charge in [-0.3, -0.25) is 19.2 Å². The summed E-state index contributed by atoms with van der Waals surface area (Å²) in [5, 5.41) is 2.94. The average molecular weight is 391 g/mol. The summed E-state index contributed by atoms with van der Waals surface area (Å²) in [6, 6.07) is 0.0213. The Morgan fingerprint density at radius 2 is 1.89 bits per heavy atom. The minimum absolute atomic E-state index is 0.0213. The molecule has 28 heavy (non-hydrogen) atoms. The largest absolute Gasteiger partial charge is 0.469 e. The molecule has 0 radical (unpaired) electrons. The van der Waals surface area contributed by atoms with Crippen LogP contribution in [0, 0.1) is 0 Å². The van der Waals surface area contributed by atoms with Crippen molar-refractivity contribution >= 4 is 17.8 Å². The molecule has 8 heteroatoms. The molecule has 0 saturated heterocycles. The van der Waals surface area contributed by atoms with E-state index in [1.807, 2.05) is 13.8 Å². The predicted molar refractivity (Wildman–Crippen MR) is 104 cm³/mol. The van der Waals surface area contributed by atoms with E-state index in [9.17, 15) is 19.2 Å². The highest BCUT2D eigenvalue weighted by Gasteiger charge is 2.28. The standard InChI is InChI=1S/C20H29N3O5/c1-5-14(6-2)21-19(26)18-15-9-10-23(16(24)7-8-17(25)28-4)12-13(15)11-22(3)20(18)27/h11,14H,5-10,12H2,1-4H3,(H,21,26). The molecule has 0 bridgehead atoms. The summed E-state index contributed by atoms with van der Waals surface area (Å²) in [4.78, 5) is 50.7. The van der Waals surface area contributed by atoms with Gasteiger partial charge in [0.1, 0.15) is 5.56 Å². The van der Waals surface area contributed by atoms with Crippen molar-refractivity contribution in [3.05, 3.63) is 33.2 Å². The molecule has 2 heterocycles. The molecule has 1 aromatic heterocycles. The zero-order valence-corrected chi connectivity index (χ0v) is 17.0. The Labute approximate surface area is 164 Å². The van der Waals surface area contributed by atoms with E-state index in [1.165, 1.54) is 11.7 Å². The number of pyridine rings is 1. The molecule has 0 aromatic carbocycles. The zero-order chi connectivity index (χ0) is 20.8. The molecule has 1 aliphatic rings. The van der Waals surface area contributed by atoms with Gasteiger partial charge in [-0.15, -0.1) is 0 Å². The molecule has 0 saturated carbocycles. The Morgan fingerprint density at radius 1 is 1.21 bits per heavy atom. The van der Waals surface area contributed by atoms with Crippen LogP contribution >= 0.6 is 0 Å². The Kier molecular flexibility index (Phi) is 7.37. The van der Waals surface area contributed by atoms with E-state index < -0.39 is 5.97 Å². The molecule has 2 amide bonds. The Morgan fingerprint density at radius 3 is 2.50 bits per heavy atom. The molecule has 8 nitrogen and oxygen atoms in total. The summed E-state index contributed by atoms with van der Waals surface area (Å²) in [6.45, 7) is 4.70. The van der Waals surface area contributed by atoms with Gasteiger partial charge < -0.3 is 19.5 Å². The fourth-order valence-corrected chi connectivity index (χ4v) is 3.46. The van der Waals surface area contributed by atoms with Gasteiger partial charge in [-0.05, 0) is 30.4 Å². The molecule has 2 rings (SSSR count). The maximum atomic E-state index is 12.8. The van der Waals surface area contributed by atoms with Crippen LogP contribution in [0.5, 0.6) is 0 Å². The Hall–Kier alpha value is -2.64. The number of esters is 1. The van der Waals surface area contributed by atoms with Gasteiger partial charge in [0.2, 0.25) is 5.91 Å². The molecule has 1 aromatic rings. The molecular formula is C20H29N3O5. The summed E-state index contributed by atoms with van der Waals surface area (Å²) < 4.78 is 5.96. The first kappa shape index (κ1) is 21.7. The normalized spacial score (nSPS) is 13.2. The number of amides is 2. The zero-order valence-electron chi connectivity index (χ0n) is 17.0. The lowest BCUT2D eigenvalue weighted by Gasteiger charge is -2.30. The molecule has 0 aliphatic carbocycles. The minimum Gasteiger partial charge on any atom is -0.469 e. The summed E-state index contributed by atoms with van der Waals surface area (Å²) in [5.41, 5.74) is 1.35. The fourth-order valence-electron chi connectivity index (χ4n) is 3.46. The van der Waals surface area contributed by atoms with E-state index in [4.69, 9.17) is 0 Å². The Bertz CT molecular complexity index is 811. The van der Waals surface area contributed by atoms with E-state index in [0.29, 0.717) is 25.1 Å². The third kappa shape index (κ3) is 4.79. The molecule has 154 valence electrons. The van der Waals surface area contributed by atoms with Gasteiger partial charge in [0.15, 0.2) is 0 Å². The van der Waals surface area contributed by atoms with Crippen molar-refractivity contribution in [2.45, 2.75) is 58.5 Å². The number of fused-ring (bicyclic) bond motifs is 1. The van der Waals surface area contributed by atoms with E-state index in [1.54, 1.807) is 18.1 Å². The number of carbonyl (C=O) groups excluding carboxylic acids is 3. The van der Waals surface area contributed by atoms with Crippen LogP contribution in [-0.2, 0) is 34.3 Å². The fraction of sp³-hybridized carbons (Fsp3) is 0.600. The van der Waals surface area contributed by atoms with Gasteiger partial charge in [-0.1, -0.05) is 13.8 Å². The van der Waals surface area contributed by atoms with Crippen LogP contribution in [0.2, 0.25) is 0 Å². The number of nitrogens with zero attached hydrogens (tertiary/aromatic N) is 2. The van der Waals surface area contributed by atoms with Crippen LogP contribution in [0.1, 0.15) is 61.0 Å². The molecule has 0 fully saturated rings. The maximum Gasteiger partial charge on any atom is 0.306 e. The molecule has 0 spiro atoms. The number of aromatic nitrogens is 1. The van der Waals surface area contributed by atoms with Crippen LogP contribution in [0.3, 0.4) is 0 Å². The van der Waals surface area contributed by atoms with Crippen molar-refractivity contribution in [2.75, 3.05) is 13.7 Å². The monoisotopic (exact) mass is 391 g/mol. The van der Waals surface area contributed by atoms with Crippen molar-refractivity contribution in [3.63, 3.8) is 0 Å². The molecule has 1 N–H and O–H groups in total. The summed E-state index contributed by atoms with van der Waals surface area (Å²) >= 11 is 0. The number of hydrogen-bond donors (Lipinski definition) is 1. The number of aryl methyl sites for hydroxylation is 1. The third-order valence-corrected chi connectivity index (χ3v) is 5.24. The number of rotatable bonds is 7. The highest BCUT2D eigenvalue weighted by atomic mass is 16.5. The van der Waals surface area contributed by atoms with E-state index in [0.717, 1.165) is 18.4 Å². The van der Waals surface area contributed by atoms with Crippen LogP contribution in [0.4, 0.5) is 0 Å². The number of nitrogens with one attached hydrogen (secondary N) is 1. The summed E-state index contributed by atoms with van der Waals surface area (Å²) in [5.74, 6) is -0.918. The maximum absolute atomic E-state index is 12.8. The Balaban J connectivity index is 2.24. The van der Waals surface area contributed by atoms with Crippen molar-refractivity contribution in [3.8, 4) is 0 Å². The van der Waals surface area contributed by atoms with Gasteiger partial charge in [0, 0.05) is 38.8 Å². The third-order valence-electron chi connectivity index (χ3n) is 5.24. The van der Waals surface area contributed by atoms with Crippen molar-refractivity contribution < 1.29 is 19.1 Å². The van der Waals surface area contributed by atoms with Crippen LogP contribution < -0.4 is 10.9 Å². The van der Waals surface area contributed by atoms with Gasteiger partial charge in [-0.25, -0.2) is 0 Å². The number of hydrogen-bond acceptors (Lipinski definition) is 5. The second kappa shape index (κ2) is 9.52. The lowest BCUT2D eigenvalue weighted by atomic mass is 9.95. The highest BCUT2D eigenvalue weighted by Crippen LogP contribution is 2.21. The molecular weight excluding hydrogens is 362 g/mol. The van der Waals surface area contributed by atoms with Gasteiger partial charge in [0.25, 0.3) is 11.5 Å². The second-order valence-corrected chi connectivity index (χ2v) is 7.05. The SMILES string of the molecule is CCC(CC)NC(=O)c1c2c(cn(C)c1=O)CN(C(=O)CCC(=O)OC)CC2. The summed E-state index contributed by atoms with van der Waals surface area (Å²) in [7, 11) is 2.90. The van der Waals surface area contributed by atoms with Crippen LogP contribution in [0.25, 0.3) is 0 Å². The molecule has 1 aliphatic heterocycles. The van der Waals surface area contributed by atoms with Crippen molar-refractivity contribution in [1.29, 1.82) is 0 Å². The van der Waals surface area contributed by atoms with E-state index in [-0.39, 0.29) is 41.8 Å². The highest BCUT2D eigenvalue weighted by molar-refractivity contribution is 5.96. The van der Waals surface area contributed by atoms with Crippen LogP contribution in [-0.4, -0.2) is 46.9 Å². The smallest absolute Gasteiger partial charge is 0.306 e. The minimum atomic E-state index is -0.423. The summed E-state index contributed by atoms with van der Waals surface area (Å²) in [6.07, 6.45) is 3.82. The quantitative estimate of drug-likeness (QED) is 0.703. The van der Waals surface area contributed by atoms with Gasteiger partial charge in [0.05, 0.1) is 13.5 Å². The predicted octanol–water partition coefficient (Wildman–Crippen LogP) is 1.14. The lowest BCUT2D eigenvalue weighted by molar-refractivity contribution is -0.143. The number of ether oxygens (including phenoxy) is 1. The van der Waals surface area contributed by atoms with Crippen molar-refractivity contribution in [1.82, 2.24) is 14.8 Å². The first-order valence-electron chi connectivity index (χ1n) is 9.69. The number of carbonyl (C=O) groups is 3. The topological polar surface area (TPSA) is 97.7 Å². The molecule has 0 unspecified atom stereocenters. The van der Waals surface area contributed by atoms with Crippen LogP contribution in [0.15, 0.2) is 11.0 Å². The number of methoxy groups -OCH3 is 1. The van der Waals surface area contributed by atoms with E-state index in [2.05, 4.69) is 10.1 Å². The first-order chi connectivity index (χ1) is 13.3. The molecule has 0 atom stereocenters.